The summed E-state index contributed by atoms with van der Waals surface area (Å²) in [6.45, 7) is 4.38. The molecule has 0 aliphatic rings. The lowest BCUT2D eigenvalue weighted by Crippen LogP contribution is -2.34. The molecule has 0 bridgehead atoms. The zero-order valence-electron chi connectivity index (χ0n) is 9.36. The van der Waals surface area contributed by atoms with Gasteiger partial charge in [-0.2, -0.15) is 0 Å². The molecule has 0 aliphatic heterocycles. The molecule has 84 valence electrons. The lowest BCUT2D eigenvalue weighted by Gasteiger charge is -2.18. The fourth-order valence-corrected chi connectivity index (χ4v) is 1.39. The van der Waals surface area contributed by atoms with Gasteiger partial charge in [-0.05, 0) is 38.0 Å². The third-order valence-corrected chi connectivity index (χ3v) is 1.94. The van der Waals surface area contributed by atoms with Crippen molar-refractivity contribution in [2.75, 3.05) is 13.2 Å². The fourth-order valence-electron chi connectivity index (χ4n) is 1.39. The molecule has 3 heteroatoms. The van der Waals surface area contributed by atoms with E-state index >= 15 is 0 Å². The molecule has 0 unspecified atom stereocenters. The maximum absolute atomic E-state index is 8.59. The smallest absolute Gasteiger partial charge is 0.119 e. The van der Waals surface area contributed by atoms with Gasteiger partial charge in [-0.1, -0.05) is 12.1 Å². The van der Waals surface area contributed by atoms with Crippen LogP contribution in [0.5, 0.6) is 5.75 Å². The summed E-state index contributed by atoms with van der Waals surface area (Å²) in [6, 6.07) is 7.80. The van der Waals surface area contributed by atoms with Crippen molar-refractivity contribution in [1.29, 1.82) is 0 Å². The Morgan fingerprint density at radius 2 is 1.87 bits per heavy atom. The van der Waals surface area contributed by atoms with Crippen molar-refractivity contribution < 1.29 is 9.84 Å². The van der Waals surface area contributed by atoms with Gasteiger partial charge in [-0.15, -0.1) is 0 Å². The first-order valence-electron chi connectivity index (χ1n) is 5.13. The first-order valence-corrected chi connectivity index (χ1v) is 5.13. The van der Waals surface area contributed by atoms with E-state index < -0.39 is 0 Å². The molecule has 0 atom stereocenters. The zero-order chi connectivity index (χ0) is 11.3. The topological polar surface area (TPSA) is 55.5 Å². The summed E-state index contributed by atoms with van der Waals surface area (Å²) in [4.78, 5) is 0. The summed E-state index contributed by atoms with van der Waals surface area (Å²) in [5, 5.41) is 8.59. The molecule has 0 radical (unpaired) electrons. The van der Waals surface area contributed by atoms with Gasteiger partial charge in [0.15, 0.2) is 0 Å². The highest BCUT2D eigenvalue weighted by Crippen LogP contribution is 2.15. The number of aliphatic hydroxyl groups excluding tert-OH is 1. The molecule has 0 amide bonds. The Balaban J connectivity index is 2.56. The highest BCUT2D eigenvalue weighted by atomic mass is 16.5. The van der Waals surface area contributed by atoms with Crippen LogP contribution in [0.1, 0.15) is 19.4 Å². The minimum Gasteiger partial charge on any atom is -0.491 e. The van der Waals surface area contributed by atoms with Crippen molar-refractivity contribution in [3.63, 3.8) is 0 Å². The summed E-state index contributed by atoms with van der Waals surface area (Å²) in [5.41, 5.74) is 6.93. The van der Waals surface area contributed by atoms with Gasteiger partial charge >= 0.3 is 0 Å². The summed E-state index contributed by atoms with van der Waals surface area (Å²) in [5.74, 6) is 0.780. The van der Waals surface area contributed by atoms with Gasteiger partial charge in [0, 0.05) is 5.54 Å². The van der Waals surface area contributed by atoms with E-state index in [1.165, 1.54) is 5.56 Å². The van der Waals surface area contributed by atoms with Crippen molar-refractivity contribution in [3.8, 4) is 5.75 Å². The van der Waals surface area contributed by atoms with Crippen LogP contribution in [-0.4, -0.2) is 23.9 Å². The molecular weight excluding hydrogens is 190 g/mol. The number of aliphatic hydroxyl groups is 1. The Morgan fingerprint density at radius 1 is 1.27 bits per heavy atom. The van der Waals surface area contributed by atoms with Crippen LogP contribution in [-0.2, 0) is 6.42 Å². The second kappa shape index (κ2) is 5.14. The number of hydrogen-bond donors (Lipinski definition) is 2. The maximum atomic E-state index is 8.59. The third-order valence-electron chi connectivity index (χ3n) is 1.94. The molecule has 3 N–H and O–H groups in total. The average Bonchev–Trinajstić information content (AvgIpc) is 2.14. The van der Waals surface area contributed by atoms with Crippen molar-refractivity contribution >= 4 is 0 Å². The minimum atomic E-state index is -0.187. The number of hydrogen-bond acceptors (Lipinski definition) is 3. The third kappa shape index (κ3) is 4.81. The second-order valence-electron chi connectivity index (χ2n) is 4.38. The van der Waals surface area contributed by atoms with E-state index in [1.807, 2.05) is 38.1 Å². The summed E-state index contributed by atoms with van der Waals surface area (Å²) in [6.07, 6.45) is 0.841. The zero-order valence-corrected chi connectivity index (χ0v) is 9.36. The van der Waals surface area contributed by atoms with Crippen LogP contribution in [0.25, 0.3) is 0 Å². The highest BCUT2D eigenvalue weighted by molar-refractivity contribution is 5.28. The molecule has 1 aromatic carbocycles. The standard InChI is InChI=1S/C12H19NO2/c1-12(2,13)9-10-3-5-11(6-4-10)15-8-7-14/h3-6,14H,7-9,13H2,1-2H3. The molecule has 1 aromatic rings. The quantitative estimate of drug-likeness (QED) is 0.769. The lowest BCUT2D eigenvalue weighted by atomic mass is 9.96. The molecular formula is C12H19NO2. The lowest BCUT2D eigenvalue weighted by molar-refractivity contribution is 0.201. The fraction of sp³-hybridized carbons (Fsp3) is 0.500. The first kappa shape index (κ1) is 12.0. The number of ether oxygens (including phenoxy) is 1. The number of rotatable bonds is 5. The Labute approximate surface area is 90.9 Å². The van der Waals surface area contributed by atoms with Gasteiger partial charge in [0.2, 0.25) is 0 Å². The van der Waals surface area contributed by atoms with E-state index in [0.717, 1.165) is 12.2 Å². The van der Waals surface area contributed by atoms with Crippen LogP contribution < -0.4 is 10.5 Å². The molecule has 0 heterocycles. The van der Waals surface area contributed by atoms with Crippen LogP contribution in [0.3, 0.4) is 0 Å². The molecule has 0 saturated heterocycles. The van der Waals surface area contributed by atoms with Gasteiger partial charge in [0.1, 0.15) is 12.4 Å². The largest absolute Gasteiger partial charge is 0.491 e. The molecule has 0 spiro atoms. The van der Waals surface area contributed by atoms with Crippen molar-refractivity contribution in [3.05, 3.63) is 29.8 Å². The minimum absolute atomic E-state index is 0.0393. The predicted octanol–water partition coefficient (Wildman–Crippen LogP) is 1.34. The number of nitrogens with two attached hydrogens (primary N) is 1. The van der Waals surface area contributed by atoms with E-state index in [-0.39, 0.29) is 12.1 Å². The Bertz CT molecular complexity index is 287. The monoisotopic (exact) mass is 209 g/mol. The van der Waals surface area contributed by atoms with Crippen molar-refractivity contribution in [2.45, 2.75) is 25.8 Å². The van der Waals surface area contributed by atoms with E-state index in [9.17, 15) is 0 Å². The van der Waals surface area contributed by atoms with E-state index in [0.29, 0.717) is 6.61 Å². The average molecular weight is 209 g/mol. The summed E-state index contributed by atoms with van der Waals surface area (Å²) < 4.78 is 5.26. The molecule has 0 fully saturated rings. The van der Waals surface area contributed by atoms with Crippen LogP contribution in [0.4, 0.5) is 0 Å². The Hall–Kier alpha value is -1.06. The normalized spacial score (nSPS) is 11.5. The van der Waals surface area contributed by atoms with Crippen LogP contribution in [0.15, 0.2) is 24.3 Å². The van der Waals surface area contributed by atoms with Crippen LogP contribution >= 0.6 is 0 Å². The second-order valence-corrected chi connectivity index (χ2v) is 4.38. The van der Waals surface area contributed by atoms with Gasteiger partial charge in [-0.3, -0.25) is 0 Å². The summed E-state index contributed by atoms with van der Waals surface area (Å²) >= 11 is 0. The van der Waals surface area contributed by atoms with E-state index in [4.69, 9.17) is 15.6 Å². The first-order chi connectivity index (χ1) is 7.01. The van der Waals surface area contributed by atoms with E-state index in [1.54, 1.807) is 0 Å². The van der Waals surface area contributed by atoms with Crippen LogP contribution in [0, 0.1) is 0 Å². The number of benzene rings is 1. The maximum Gasteiger partial charge on any atom is 0.119 e. The van der Waals surface area contributed by atoms with E-state index in [2.05, 4.69) is 0 Å². The van der Waals surface area contributed by atoms with Gasteiger partial charge in [0.25, 0.3) is 0 Å². The Morgan fingerprint density at radius 3 is 2.33 bits per heavy atom. The molecule has 15 heavy (non-hydrogen) atoms. The predicted molar refractivity (Wildman–Crippen MR) is 61.0 cm³/mol. The van der Waals surface area contributed by atoms with Crippen molar-refractivity contribution in [1.82, 2.24) is 0 Å². The molecule has 0 saturated carbocycles. The SMILES string of the molecule is CC(C)(N)Cc1ccc(OCCO)cc1. The molecule has 3 nitrogen and oxygen atoms in total. The van der Waals surface area contributed by atoms with Gasteiger partial charge in [0.05, 0.1) is 6.61 Å². The van der Waals surface area contributed by atoms with Gasteiger partial charge in [-0.25, -0.2) is 0 Å². The summed E-state index contributed by atoms with van der Waals surface area (Å²) in [7, 11) is 0. The molecule has 0 aliphatic carbocycles. The molecule has 0 aromatic heterocycles. The van der Waals surface area contributed by atoms with Crippen molar-refractivity contribution in [2.24, 2.45) is 5.73 Å². The van der Waals surface area contributed by atoms with Crippen LogP contribution in [0.2, 0.25) is 0 Å². The molecule has 1 rings (SSSR count). The Kier molecular flexibility index (Phi) is 4.12. The highest BCUT2D eigenvalue weighted by Gasteiger charge is 2.11. The van der Waals surface area contributed by atoms with Gasteiger partial charge < -0.3 is 15.6 Å².